The van der Waals surface area contributed by atoms with E-state index < -0.39 is 15.6 Å². The second-order valence-electron chi connectivity index (χ2n) is 5.12. The van der Waals surface area contributed by atoms with Crippen molar-refractivity contribution in [2.45, 2.75) is 37.6 Å². The Bertz CT molecular complexity index is 475. The van der Waals surface area contributed by atoms with Crippen LogP contribution in [-0.2, 0) is 21.3 Å². The van der Waals surface area contributed by atoms with Gasteiger partial charge in [0.25, 0.3) is 0 Å². The highest BCUT2D eigenvalue weighted by Gasteiger charge is 2.21. The number of nitrogens with two attached hydrogens (primary N) is 1. The highest BCUT2D eigenvalue weighted by Crippen LogP contribution is 2.14. The SMILES string of the molecule is CC(C)(C)NS(=O)(=O)c1ccc(CCON)cc1. The van der Waals surface area contributed by atoms with Crippen LogP contribution < -0.4 is 10.6 Å². The highest BCUT2D eigenvalue weighted by molar-refractivity contribution is 7.89. The molecule has 3 N–H and O–H groups in total. The van der Waals surface area contributed by atoms with Crippen molar-refractivity contribution in [1.29, 1.82) is 0 Å². The summed E-state index contributed by atoms with van der Waals surface area (Å²) in [5, 5.41) is 0. The molecule has 0 saturated heterocycles. The van der Waals surface area contributed by atoms with Crippen LogP contribution in [0.15, 0.2) is 29.2 Å². The number of nitrogens with one attached hydrogen (secondary N) is 1. The molecule has 5 nitrogen and oxygen atoms in total. The Kier molecular flexibility index (Phi) is 4.86. The Labute approximate surface area is 108 Å². The maximum Gasteiger partial charge on any atom is 0.241 e. The van der Waals surface area contributed by atoms with E-state index in [9.17, 15) is 8.42 Å². The van der Waals surface area contributed by atoms with Crippen molar-refractivity contribution in [3.63, 3.8) is 0 Å². The van der Waals surface area contributed by atoms with E-state index in [0.29, 0.717) is 13.0 Å². The second-order valence-corrected chi connectivity index (χ2v) is 6.80. The Morgan fingerprint density at radius 1 is 1.22 bits per heavy atom. The summed E-state index contributed by atoms with van der Waals surface area (Å²) in [6.45, 7) is 5.82. The minimum atomic E-state index is -3.46. The largest absolute Gasteiger partial charge is 0.304 e. The first-order valence-corrected chi connectivity index (χ1v) is 7.17. The Morgan fingerprint density at radius 3 is 2.22 bits per heavy atom. The number of benzene rings is 1. The summed E-state index contributed by atoms with van der Waals surface area (Å²) in [6.07, 6.45) is 0.656. The quantitative estimate of drug-likeness (QED) is 0.789. The van der Waals surface area contributed by atoms with Gasteiger partial charge >= 0.3 is 0 Å². The van der Waals surface area contributed by atoms with Crippen LogP contribution in [0.3, 0.4) is 0 Å². The molecule has 0 radical (unpaired) electrons. The normalized spacial score (nSPS) is 12.7. The van der Waals surface area contributed by atoms with Crippen LogP contribution in [0.1, 0.15) is 26.3 Å². The fraction of sp³-hybridized carbons (Fsp3) is 0.500. The number of rotatable bonds is 5. The van der Waals surface area contributed by atoms with E-state index in [-0.39, 0.29) is 4.90 Å². The molecule has 0 spiro atoms. The fourth-order valence-electron chi connectivity index (χ4n) is 1.47. The predicted octanol–water partition coefficient (Wildman–Crippen LogP) is 1.20. The number of sulfonamides is 1. The van der Waals surface area contributed by atoms with Crippen LogP contribution >= 0.6 is 0 Å². The van der Waals surface area contributed by atoms with E-state index in [0.717, 1.165) is 5.56 Å². The van der Waals surface area contributed by atoms with Gasteiger partial charge in [0, 0.05) is 5.54 Å². The van der Waals surface area contributed by atoms with Crippen molar-refractivity contribution in [3.05, 3.63) is 29.8 Å². The zero-order chi connectivity index (χ0) is 13.8. The van der Waals surface area contributed by atoms with Gasteiger partial charge in [0.2, 0.25) is 10.0 Å². The summed E-state index contributed by atoms with van der Waals surface area (Å²) in [4.78, 5) is 4.74. The van der Waals surface area contributed by atoms with E-state index in [2.05, 4.69) is 9.56 Å². The zero-order valence-electron chi connectivity index (χ0n) is 10.9. The van der Waals surface area contributed by atoms with Crippen LogP contribution in [0.4, 0.5) is 0 Å². The van der Waals surface area contributed by atoms with E-state index >= 15 is 0 Å². The lowest BCUT2D eigenvalue weighted by Gasteiger charge is -2.20. The van der Waals surface area contributed by atoms with Crippen molar-refractivity contribution in [2.24, 2.45) is 5.90 Å². The van der Waals surface area contributed by atoms with Gasteiger partial charge in [-0.25, -0.2) is 19.0 Å². The maximum absolute atomic E-state index is 12.0. The van der Waals surface area contributed by atoms with E-state index in [1.165, 1.54) is 0 Å². The highest BCUT2D eigenvalue weighted by atomic mass is 32.2. The lowest BCUT2D eigenvalue weighted by atomic mass is 10.1. The van der Waals surface area contributed by atoms with Gasteiger partial charge < -0.3 is 4.84 Å². The number of hydrogen-bond donors (Lipinski definition) is 2. The van der Waals surface area contributed by atoms with Crippen molar-refractivity contribution in [2.75, 3.05) is 6.61 Å². The molecule has 6 heteroatoms. The average Bonchev–Trinajstić information content (AvgIpc) is 2.23. The lowest BCUT2D eigenvalue weighted by Crippen LogP contribution is -2.40. The minimum Gasteiger partial charge on any atom is -0.304 e. The van der Waals surface area contributed by atoms with Gasteiger partial charge in [-0.15, -0.1) is 0 Å². The smallest absolute Gasteiger partial charge is 0.241 e. The molecular weight excluding hydrogens is 252 g/mol. The first kappa shape index (κ1) is 15.1. The van der Waals surface area contributed by atoms with E-state index in [4.69, 9.17) is 5.90 Å². The zero-order valence-corrected chi connectivity index (χ0v) is 11.8. The Morgan fingerprint density at radius 2 is 1.78 bits per heavy atom. The first-order chi connectivity index (χ1) is 8.24. The van der Waals surface area contributed by atoms with Crippen LogP contribution in [0.25, 0.3) is 0 Å². The maximum atomic E-state index is 12.0. The molecule has 18 heavy (non-hydrogen) atoms. The molecule has 0 aliphatic rings. The molecule has 0 aliphatic carbocycles. The van der Waals surface area contributed by atoms with Gasteiger partial charge in [0.1, 0.15) is 0 Å². The molecule has 0 fully saturated rings. The van der Waals surface area contributed by atoms with E-state index in [1.807, 2.05) is 0 Å². The van der Waals surface area contributed by atoms with Crippen molar-refractivity contribution in [1.82, 2.24) is 4.72 Å². The molecule has 1 rings (SSSR count). The fourth-order valence-corrected chi connectivity index (χ4v) is 2.89. The van der Waals surface area contributed by atoms with Crippen LogP contribution in [0.5, 0.6) is 0 Å². The molecule has 1 aromatic rings. The van der Waals surface area contributed by atoms with Gasteiger partial charge in [-0.05, 0) is 44.9 Å². The summed E-state index contributed by atoms with van der Waals surface area (Å²) < 4.78 is 26.6. The van der Waals surface area contributed by atoms with Crippen molar-refractivity contribution in [3.8, 4) is 0 Å². The number of hydrogen-bond acceptors (Lipinski definition) is 4. The van der Waals surface area contributed by atoms with Crippen LogP contribution in [-0.4, -0.2) is 20.6 Å². The van der Waals surface area contributed by atoms with Gasteiger partial charge in [-0.2, -0.15) is 0 Å². The molecule has 0 amide bonds. The first-order valence-electron chi connectivity index (χ1n) is 5.69. The molecule has 0 aromatic heterocycles. The molecule has 0 bridgehead atoms. The summed E-state index contributed by atoms with van der Waals surface area (Å²) in [7, 11) is -3.46. The summed E-state index contributed by atoms with van der Waals surface area (Å²) in [5.41, 5.74) is 0.486. The van der Waals surface area contributed by atoms with Crippen molar-refractivity contribution < 1.29 is 13.3 Å². The molecule has 0 unspecified atom stereocenters. The third-order valence-corrected chi connectivity index (χ3v) is 3.96. The Hall–Kier alpha value is -0.950. The lowest BCUT2D eigenvalue weighted by molar-refractivity contribution is 0.141. The molecular formula is C12H20N2O3S. The average molecular weight is 272 g/mol. The molecule has 102 valence electrons. The second kappa shape index (κ2) is 5.79. The molecule has 0 atom stereocenters. The molecule has 1 aromatic carbocycles. The van der Waals surface area contributed by atoms with Crippen molar-refractivity contribution >= 4 is 10.0 Å². The third-order valence-electron chi connectivity index (χ3n) is 2.18. The topological polar surface area (TPSA) is 81.4 Å². The molecule has 0 saturated carbocycles. The van der Waals surface area contributed by atoms with Crippen LogP contribution in [0.2, 0.25) is 0 Å². The third kappa shape index (κ3) is 4.73. The van der Waals surface area contributed by atoms with Gasteiger partial charge in [-0.1, -0.05) is 12.1 Å². The van der Waals surface area contributed by atoms with Crippen LogP contribution in [0, 0.1) is 0 Å². The minimum absolute atomic E-state index is 0.259. The monoisotopic (exact) mass is 272 g/mol. The summed E-state index contributed by atoms with van der Waals surface area (Å²) >= 11 is 0. The van der Waals surface area contributed by atoms with Gasteiger partial charge in [-0.3, -0.25) is 0 Å². The molecule has 0 aliphatic heterocycles. The Balaban J connectivity index is 2.84. The van der Waals surface area contributed by atoms with Gasteiger partial charge in [0.15, 0.2) is 0 Å². The summed E-state index contributed by atoms with van der Waals surface area (Å²) in [5.74, 6) is 4.94. The predicted molar refractivity (Wildman–Crippen MR) is 70.4 cm³/mol. The molecule has 0 heterocycles. The standard InChI is InChI=1S/C12H20N2O3S/c1-12(2,3)14-18(15,16)11-6-4-10(5-7-11)8-9-17-13/h4-7,14H,8-9,13H2,1-3H3. The summed E-state index contributed by atoms with van der Waals surface area (Å²) in [6, 6.07) is 6.69. The van der Waals surface area contributed by atoms with Gasteiger partial charge in [0.05, 0.1) is 11.5 Å². The van der Waals surface area contributed by atoms with E-state index in [1.54, 1.807) is 45.0 Å².